The molecule has 7 heteroatoms. The van der Waals surface area contributed by atoms with Crippen LogP contribution in [0, 0.1) is 0 Å². The highest BCUT2D eigenvalue weighted by molar-refractivity contribution is 9.10. The van der Waals surface area contributed by atoms with Gasteiger partial charge in [-0.15, -0.1) is 0 Å². The first-order chi connectivity index (χ1) is 11.3. The zero-order chi connectivity index (χ0) is 17.9. The first-order valence-electron chi connectivity index (χ1n) is 7.38. The van der Waals surface area contributed by atoms with Crippen LogP contribution >= 0.6 is 15.9 Å². The fraction of sp³-hybridized carbons (Fsp3) is 0.235. The Morgan fingerprint density at radius 3 is 2.25 bits per heavy atom. The third-order valence-corrected chi connectivity index (χ3v) is 6.37. The summed E-state index contributed by atoms with van der Waals surface area (Å²) in [6, 6.07) is 13.9. The molecule has 0 aliphatic carbocycles. The average Bonchev–Trinajstić information content (AvgIpc) is 2.56. The molecule has 0 saturated heterocycles. The fourth-order valence-electron chi connectivity index (χ4n) is 2.24. The molecule has 24 heavy (non-hydrogen) atoms. The highest BCUT2D eigenvalue weighted by Crippen LogP contribution is 2.26. The summed E-state index contributed by atoms with van der Waals surface area (Å²) in [6.07, 6.45) is 0. The molecule has 0 atom stereocenters. The highest BCUT2D eigenvalue weighted by Gasteiger charge is 2.24. The van der Waals surface area contributed by atoms with E-state index in [1.54, 1.807) is 17.0 Å². The normalized spacial score (nSPS) is 11.5. The molecule has 0 radical (unpaired) electrons. The smallest absolute Gasteiger partial charge is 0.258 e. The van der Waals surface area contributed by atoms with E-state index in [9.17, 15) is 13.2 Å². The van der Waals surface area contributed by atoms with E-state index in [0.717, 1.165) is 9.99 Å². The number of rotatable bonds is 5. The molecule has 0 unspecified atom stereocenters. The van der Waals surface area contributed by atoms with Crippen LogP contribution in [0.25, 0.3) is 0 Å². The van der Waals surface area contributed by atoms with Crippen molar-refractivity contribution in [3.05, 3.63) is 58.6 Å². The van der Waals surface area contributed by atoms with Crippen molar-refractivity contribution in [2.24, 2.45) is 0 Å². The zero-order valence-corrected chi connectivity index (χ0v) is 16.1. The SMILES string of the molecule is CCN(C(=O)c1ccc(Br)c(S(=O)(=O)N(C)C)c1)c1ccccc1. The first-order valence-corrected chi connectivity index (χ1v) is 9.61. The molecule has 1 amide bonds. The van der Waals surface area contributed by atoms with Crippen molar-refractivity contribution in [1.82, 2.24) is 4.31 Å². The molecule has 2 aromatic rings. The quantitative estimate of drug-likeness (QED) is 0.758. The summed E-state index contributed by atoms with van der Waals surface area (Å²) in [5, 5.41) is 0. The summed E-state index contributed by atoms with van der Waals surface area (Å²) in [4.78, 5) is 14.5. The van der Waals surface area contributed by atoms with Crippen LogP contribution in [0.2, 0.25) is 0 Å². The lowest BCUT2D eigenvalue weighted by Crippen LogP contribution is -2.31. The van der Waals surface area contributed by atoms with E-state index >= 15 is 0 Å². The monoisotopic (exact) mass is 410 g/mol. The molecule has 0 saturated carbocycles. The van der Waals surface area contributed by atoms with E-state index in [1.165, 1.54) is 20.2 Å². The van der Waals surface area contributed by atoms with Gasteiger partial charge < -0.3 is 4.90 Å². The Bertz CT molecular complexity index is 836. The van der Waals surface area contributed by atoms with Gasteiger partial charge >= 0.3 is 0 Å². The Hall–Kier alpha value is -1.70. The molecular formula is C17H19BrN2O3S. The maximum Gasteiger partial charge on any atom is 0.258 e. The van der Waals surface area contributed by atoms with Gasteiger partial charge in [0.25, 0.3) is 5.91 Å². The van der Waals surface area contributed by atoms with Crippen LogP contribution in [-0.2, 0) is 10.0 Å². The number of hydrogen-bond donors (Lipinski definition) is 0. The van der Waals surface area contributed by atoms with Crippen molar-refractivity contribution in [3.63, 3.8) is 0 Å². The van der Waals surface area contributed by atoms with Gasteiger partial charge in [-0.05, 0) is 53.2 Å². The molecule has 0 N–H and O–H groups in total. The van der Waals surface area contributed by atoms with Gasteiger partial charge in [0.2, 0.25) is 10.0 Å². The predicted molar refractivity (Wildman–Crippen MR) is 98.8 cm³/mol. The second-order valence-corrected chi connectivity index (χ2v) is 8.29. The molecular weight excluding hydrogens is 392 g/mol. The van der Waals surface area contributed by atoms with Crippen molar-refractivity contribution >= 4 is 37.5 Å². The number of halogens is 1. The molecule has 2 aromatic carbocycles. The molecule has 0 aliphatic rings. The summed E-state index contributed by atoms with van der Waals surface area (Å²) in [5.41, 5.74) is 1.09. The van der Waals surface area contributed by atoms with Crippen LogP contribution in [0.15, 0.2) is 57.9 Å². The van der Waals surface area contributed by atoms with Gasteiger partial charge in [-0.2, -0.15) is 0 Å². The molecule has 0 spiro atoms. The van der Waals surface area contributed by atoms with E-state index in [-0.39, 0.29) is 10.8 Å². The summed E-state index contributed by atoms with van der Waals surface area (Å²) in [6.45, 7) is 2.36. The summed E-state index contributed by atoms with van der Waals surface area (Å²) < 4.78 is 26.4. The molecule has 0 heterocycles. The van der Waals surface area contributed by atoms with Crippen LogP contribution < -0.4 is 4.90 Å². The van der Waals surface area contributed by atoms with E-state index in [4.69, 9.17) is 0 Å². The Kier molecular flexibility index (Phi) is 5.79. The Balaban J connectivity index is 2.48. The van der Waals surface area contributed by atoms with E-state index in [0.29, 0.717) is 16.6 Å². The lowest BCUT2D eigenvalue weighted by molar-refractivity contribution is 0.0988. The van der Waals surface area contributed by atoms with E-state index < -0.39 is 10.0 Å². The second-order valence-electron chi connectivity index (χ2n) is 5.32. The van der Waals surface area contributed by atoms with Crippen LogP contribution in [0.1, 0.15) is 17.3 Å². The second kappa shape index (κ2) is 7.46. The number of benzene rings is 2. The first kappa shape index (κ1) is 18.6. The molecule has 5 nitrogen and oxygen atoms in total. The van der Waals surface area contributed by atoms with Crippen LogP contribution in [-0.4, -0.2) is 39.3 Å². The summed E-state index contributed by atoms with van der Waals surface area (Å²) in [7, 11) is -0.731. The van der Waals surface area contributed by atoms with Crippen molar-refractivity contribution in [2.45, 2.75) is 11.8 Å². The van der Waals surface area contributed by atoms with Crippen molar-refractivity contribution in [2.75, 3.05) is 25.5 Å². The summed E-state index contributed by atoms with van der Waals surface area (Å²) >= 11 is 3.25. The fourth-order valence-corrected chi connectivity index (χ4v) is 4.08. The number of anilines is 1. The maximum absolute atomic E-state index is 12.8. The minimum atomic E-state index is -3.64. The van der Waals surface area contributed by atoms with Gasteiger partial charge in [0, 0.05) is 36.4 Å². The number of hydrogen-bond acceptors (Lipinski definition) is 3. The van der Waals surface area contributed by atoms with Gasteiger partial charge in [0.1, 0.15) is 0 Å². The maximum atomic E-state index is 12.8. The lowest BCUT2D eigenvalue weighted by Gasteiger charge is -2.22. The minimum Gasteiger partial charge on any atom is -0.309 e. The largest absolute Gasteiger partial charge is 0.309 e. The predicted octanol–water partition coefficient (Wildman–Crippen LogP) is 3.37. The number of amides is 1. The molecule has 0 aliphatic heterocycles. The molecule has 0 bridgehead atoms. The standard InChI is InChI=1S/C17H19BrN2O3S/c1-4-20(14-8-6-5-7-9-14)17(21)13-10-11-15(18)16(12-13)24(22,23)19(2)3/h5-12H,4H2,1-3H3. The molecule has 128 valence electrons. The average molecular weight is 411 g/mol. The van der Waals surface area contributed by atoms with Crippen LogP contribution in [0.4, 0.5) is 5.69 Å². The number of nitrogens with zero attached hydrogens (tertiary/aromatic N) is 2. The van der Waals surface area contributed by atoms with Crippen LogP contribution in [0.5, 0.6) is 0 Å². The summed E-state index contributed by atoms with van der Waals surface area (Å²) in [5.74, 6) is -0.244. The number of carbonyl (C=O) groups excluding carboxylic acids is 1. The van der Waals surface area contributed by atoms with E-state index in [2.05, 4.69) is 15.9 Å². The lowest BCUT2D eigenvalue weighted by atomic mass is 10.2. The van der Waals surface area contributed by atoms with Gasteiger partial charge in [0.15, 0.2) is 0 Å². The topological polar surface area (TPSA) is 57.7 Å². The van der Waals surface area contributed by atoms with Crippen LogP contribution in [0.3, 0.4) is 0 Å². The Morgan fingerprint density at radius 2 is 1.71 bits per heavy atom. The number of sulfonamides is 1. The Morgan fingerprint density at radius 1 is 1.08 bits per heavy atom. The van der Waals surface area contributed by atoms with Crippen molar-refractivity contribution in [1.29, 1.82) is 0 Å². The zero-order valence-electron chi connectivity index (χ0n) is 13.7. The third-order valence-electron chi connectivity index (χ3n) is 3.57. The van der Waals surface area contributed by atoms with Gasteiger partial charge in [-0.25, -0.2) is 12.7 Å². The highest BCUT2D eigenvalue weighted by atomic mass is 79.9. The molecule has 0 aromatic heterocycles. The molecule has 2 rings (SSSR count). The van der Waals surface area contributed by atoms with Crippen molar-refractivity contribution in [3.8, 4) is 0 Å². The van der Waals surface area contributed by atoms with Gasteiger partial charge in [-0.3, -0.25) is 4.79 Å². The van der Waals surface area contributed by atoms with Crippen molar-refractivity contribution < 1.29 is 13.2 Å². The number of carbonyl (C=O) groups is 1. The third kappa shape index (κ3) is 3.68. The van der Waals surface area contributed by atoms with Gasteiger partial charge in [0.05, 0.1) is 4.90 Å². The Labute approximate surface area is 151 Å². The molecule has 0 fully saturated rings. The number of para-hydroxylation sites is 1. The van der Waals surface area contributed by atoms with Gasteiger partial charge in [-0.1, -0.05) is 18.2 Å². The minimum absolute atomic E-state index is 0.0717. The van der Waals surface area contributed by atoms with E-state index in [1.807, 2.05) is 37.3 Å².